The third-order valence-corrected chi connectivity index (χ3v) is 4.26. The van der Waals surface area contributed by atoms with Crippen LogP contribution >= 0.6 is 0 Å². The number of hydrogen-bond acceptors (Lipinski definition) is 2. The summed E-state index contributed by atoms with van der Waals surface area (Å²) in [5.74, 6) is 4.50. The molecule has 2 rings (SSSR count). The van der Waals surface area contributed by atoms with E-state index in [0.29, 0.717) is 43.5 Å². The van der Waals surface area contributed by atoms with Crippen LogP contribution < -0.4 is 0 Å². The second kappa shape index (κ2) is 6.75. The lowest BCUT2D eigenvalue weighted by molar-refractivity contribution is 0.0513. The standard InChI is InChI=1S/C17H22O2/c1-4-7-18-11-16-14(6-3)9-15-8-13(5-2)10-19-12-17(15)16/h1,5-6,8,14-17H,2-3,7,9-12H2/t14-,15+,16-,17+/m1/s1. The van der Waals surface area contributed by atoms with Crippen LogP contribution in [0.1, 0.15) is 6.42 Å². The van der Waals surface area contributed by atoms with Crippen molar-refractivity contribution in [2.45, 2.75) is 6.42 Å². The molecule has 0 unspecified atom stereocenters. The molecule has 0 aromatic heterocycles. The first kappa shape index (κ1) is 14.1. The zero-order chi connectivity index (χ0) is 13.7. The van der Waals surface area contributed by atoms with Crippen LogP contribution in [-0.4, -0.2) is 26.4 Å². The topological polar surface area (TPSA) is 18.5 Å². The Morgan fingerprint density at radius 2 is 2.37 bits per heavy atom. The van der Waals surface area contributed by atoms with Gasteiger partial charge in [-0.2, -0.15) is 0 Å². The number of ether oxygens (including phenoxy) is 2. The molecule has 4 atom stereocenters. The summed E-state index contributed by atoms with van der Waals surface area (Å²) in [6.07, 6.45) is 12.6. The van der Waals surface area contributed by atoms with Crippen molar-refractivity contribution < 1.29 is 9.47 Å². The molecule has 2 nitrogen and oxygen atoms in total. The highest BCUT2D eigenvalue weighted by atomic mass is 16.5. The van der Waals surface area contributed by atoms with Crippen LogP contribution in [0.4, 0.5) is 0 Å². The van der Waals surface area contributed by atoms with Gasteiger partial charge in [0, 0.05) is 0 Å². The highest BCUT2D eigenvalue weighted by Crippen LogP contribution is 2.44. The summed E-state index contributed by atoms with van der Waals surface area (Å²) in [6.45, 7) is 10.3. The molecule has 1 fully saturated rings. The first-order chi connectivity index (χ1) is 9.30. The van der Waals surface area contributed by atoms with E-state index in [2.05, 4.69) is 31.2 Å². The summed E-state index contributed by atoms with van der Waals surface area (Å²) in [6, 6.07) is 0. The second-order valence-electron chi connectivity index (χ2n) is 5.31. The van der Waals surface area contributed by atoms with E-state index in [1.54, 1.807) is 0 Å². The fraction of sp³-hybridized carbons (Fsp3) is 0.529. The van der Waals surface area contributed by atoms with Crippen LogP contribution in [0.15, 0.2) is 37.0 Å². The van der Waals surface area contributed by atoms with E-state index in [-0.39, 0.29) is 0 Å². The van der Waals surface area contributed by atoms with Crippen LogP contribution in [0.5, 0.6) is 0 Å². The van der Waals surface area contributed by atoms with Gasteiger partial charge in [0.25, 0.3) is 0 Å². The maximum absolute atomic E-state index is 5.77. The zero-order valence-corrected chi connectivity index (χ0v) is 11.4. The van der Waals surface area contributed by atoms with E-state index in [1.807, 2.05) is 6.08 Å². The fourth-order valence-electron chi connectivity index (χ4n) is 3.27. The third-order valence-electron chi connectivity index (χ3n) is 4.26. The van der Waals surface area contributed by atoms with Crippen molar-refractivity contribution in [3.05, 3.63) is 37.0 Å². The fourth-order valence-corrected chi connectivity index (χ4v) is 3.27. The van der Waals surface area contributed by atoms with Gasteiger partial charge in [-0.15, -0.1) is 13.0 Å². The Morgan fingerprint density at radius 1 is 1.53 bits per heavy atom. The lowest BCUT2D eigenvalue weighted by Gasteiger charge is -2.23. The Morgan fingerprint density at radius 3 is 3.05 bits per heavy atom. The number of terminal acetylenes is 1. The third kappa shape index (κ3) is 3.18. The Balaban J connectivity index is 2.10. The van der Waals surface area contributed by atoms with Gasteiger partial charge in [-0.05, 0) is 35.7 Å². The lowest BCUT2D eigenvalue weighted by atomic mass is 9.88. The van der Waals surface area contributed by atoms with Gasteiger partial charge in [0.15, 0.2) is 0 Å². The minimum Gasteiger partial charge on any atom is -0.376 e. The van der Waals surface area contributed by atoms with Crippen LogP contribution in [0, 0.1) is 36.0 Å². The summed E-state index contributed by atoms with van der Waals surface area (Å²) >= 11 is 0. The predicted octanol–water partition coefficient (Wildman–Crippen LogP) is 2.83. The molecule has 2 aliphatic rings. The largest absolute Gasteiger partial charge is 0.376 e. The van der Waals surface area contributed by atoms with Crippen LogP contribution in [0.2, 0.25) is 0 Å². The SMILES string of the molecule is C#CCOC[C@H]1[C@H]2COCC(C=C)=C[C@H]2C[C@H]1C=C. The van der Waals surface area contributed by atoms with Crippen molar-refractivity contribution >= 4 is 0 Å². The Labute approximate surface area is 116 Å². The van der Waals surface area contributed by atoms with Gasteiger partial charge in [-0.25, -0.2) is 0 Å². The molecule has 0 saturated heterocycles. The monoisotopic (exact) mass is 258 g/mol. The second-order valence-corrected chi connectivity index (χ2v) is 5.31. The van der Waals surface area contributed by atoms with E-state index in [0.717, 1.165) is 13.0 Å². The van der Waals surface area contributed by atoms with Gasteiger partial charge in [-0.1, -0.05) is 30.7 Å². The van der Waals surface area contributed by atoms with E-state index in [9.17, 15) is 0 Å². The molecule has 0 aromatic carbocycles. The molecule has 19 heavy (non-hydrogen) atoms. The Hall–Kier alpha value is -1.30. The minimum atomic E-state index is 0.381. The lowest BCUT2D eigenvalue weighted by Crippen LogP contribution is -2.25. The first-order valence-electron chi connectivity index (χ1n) is 6.84. The maximum Gasteiger partial charge on any atom is 0.107 e. The number of allylic oxidation sites excluding steroid dienone is 2. The van der Waals surface area contributed by atoms with Crippen molar-refractivity contribution in [2.75, 3.05) is 26.4 Å². The molecule has 0 radical (unpaired) electrons. The van der Waals surface area contributed by atoms with E-state index >= 15 is 0 Å². The van der Waals surface area contributed by atoms with E-state index in [1.165, 1.54) is 5.57 Å². The molecular weight excluding hydrogens is 236 g/mol. The Bertz CT molecular complexity index is 402. The maximum atomic E-state index is 5.77. The molecule has 0 spiro atoms. The van der Waals surface area contributed by atoms with Crippen molar-refractivity contribution in [1.29, 1.82) is 0 Å². The highest BCUT2D eigenvalue weighted by Gasteiger charge is 2.41. The molecule has 0 N–H and O–H groups in total. The van der Waals surface area contributed by atoms with Gasteiger partial charge < -0.3 is 9.47 Å². The van der Waals surface area contributed by atoms with Gasteiger partial charge in [0.2, 0.25) is 0 Å². The van der Waals surface area contributed by atoms with E-state index < -0.39 is 0 Å². The molecule has 2 heteroatoms. The summed E-state index contributed by atoms with van der Waals surface area (Å²) < 4.78 is 11.3. The smallest absolute Gasteiger partial charge is 0.107 e. The normalized spacial score (nSPS) is 33.7. The number of rotatable bonds is 5. The first-order valence-corrected chi connectivity index (χ1v) is 6.84. The molecule has 0 bridgehead atoms. The van der Waals surface area contributed by atoms with Crippen molar-refractivity contribution in [3.8, 4) is 12.3 Å². The van der Waals surface area contributed by atoms with Gasteiger partial charge in [0.05, 0.1) is 19.8 Å². The van der Waals surface area contributed by atoms with Crippen LogP contribution in [0.3, 0.4) is 0 Å². The molecule has 0 aromatic rings. The van der Waals surface area contributed by atoms with Crippen molar-refractivity contribution in [2.24, 2.45) is 23.7 Å². The zero-order valence-electron chi connectivity index (χ0n) is 11.4. The van der Waals surface area contributed by atoms with Crippen LogP contribution in [-0.2, 0) is 9.47 Å². The average Bonchev–Trinajstić information content (AvgIpc) is 2.63. The van der Waals surface area contributed by atoms with E-state index in [4.69, 9.17) is 15.9 Å². The number of fused-ring (bicyclic) bond motifs is 1. The molecule has 0 amide bonds. The molecule has 1 saturated carbocycles. The summed E-state index contributed by atoms with van der Waals surface area (Å²) in [5, 5.41) is 0. The number of hydrogen-bond donors (Lipinski definition) is 0. The molecule has 102 valence electrons. The van der Waals surface area contributed by atoms with Crippen molar-refractivity contribution in [1.82, 2.24) is 0 Å². The van der Waals surface area contributed by atoms with Crippen LogP contribution in [0.25, 0.3) is 0 Å². The quantitative estimate of drug-likeness (QED) is 0.429. The summed E-state index contributed by atoms with van der Waals surface area (Å²) in [4.78, 5) is 0. The van der Waals surface area contributed by atoms with Gasteiger partial charge in [-0.3, -0.25) is 0 Å². The van der Waals surface area contributed by atoms with Gasteiger partial charge in [0.1, 0.15) is 6.61 Å². The molecule has 1 heterocycles. The summed E-state index contributed by atoms with van der Waals surface area (Å²) in [5.41, 5.74) is 1.19. The van der Waals surface area contributed by atoms with Gasteiger partial charge >= 0.3 is 0 Å². The van der Waals surface area contributed by atoms with Crippen molar-refractivity contribution in [3.63, 3.8) is 0 Å². The molecular formula is C17H22O2. The summed E-state index contributed by atoms with van der Waals surface area (Å²) in [7, 11) is 0. The predicted molar refractivity (Wildman–Crippen MR) is 77.5 cm³/mol. The Kier molecular flexibility index (Phi) is 5.01. The molecule has 1 aliphatic carbocycles. The average molecular weight is 258 g/mol. The minimum absolute atomic E-state index is 0.381. The highest BCUT2D eigenvalue weighted by molar-refractivity contribution is 5.21. The molecule has 1 aliphatic heterocycles.